The van der Waals surface area contributed by atoms with Crippen LogP contribution in [0.15, 0.2) is 42.7 Å². The summed E-state index contributed by atoms with van der Waals surface area (Å²) in [5.41, 5.74) is 2.35. The first-order chi connectivity index (χ1) is 17.6. The fourth-order valence-electron chi connectivity index (χ4n) is 3.97. The molecular weight excluding hydrogens is 517 g/mol. The van der Waals surface area contributed by atoms with Gasteiger partial charge in [0.05, 0.1) is 28.9 Å². The van der Waals surface area contributed by atoms with Crippen LogP contribution in [0.3, 0.4) is 0 Å². The number of urea groups is 1. The van der Waals surface area contributed by atoms with Crippen molar-refractivity contribution in [2.75, 3.05) is 34.3 Å². The van der Waals surface area contributed by atoms with Crippen molar-refractivity contribution in [3.05, 3.63) is 59.1 Å². The highest BCUT2D eigenvalue weighted by Crippen LogP contribution is 2.36. The second-order valence-electron chi connectivity index (χ2n) is 8.38. The number of ether oxygens (including phenoxy) is 1. The molecule has 3 unspecified atom stereocenters. The maximum Gasteiger partial charge on any atom is 0.417 e. The molecule has 3 heterocycles. The van der Waals surface area contributed by atoms with Crippen LogP contribution in [0.25, 0.3) is 0 Å². The lowest BCUT2D eigenvalue weighted by atomic mass is 10.2. The van der Waals surface area contributed by atoms with Crippen molar-refractivity contribution >= 4 is 40.6 Å². The summed E-state index contributed by atoms with van der Waals surface area (Å²) in [6, 6.07) is 6.47. The second kappa shape index (κ2) is 9.53. The summed E-state index contributed by atoms with van der Waals surface area (Å²) >= 11 is 5.63. The molecule has 0 radical (unpaired) electrons. The molecule has 37 heavy (non-hydrogen) atoms. The molecular formula is C22H20ClF3N8O3. The molecule has 11 nitrogen and oxygen atoms in total. The molecule has 1 aromatic heterocycles. The topological polar surface area (TPSA) is 128 Å². The fraction of sp³-hybridized carbons (Fsp3) is 0.273. The number of anilines is 4. The minimum absolute atomic E-state index is 0.0995. The zero-order valence-corrected chi connectivity index (χ0v) is 19.9. The first kappa shape index (κ1) is 24.8. The van der Waals surface area contributed by atoms with E-state index in [-0.39, 0.29) is 41.0 Å². The number of rotatable bonds is 4. The van der Waals surface area contributed by atoms with E-state index in [1.54, 1.807) is 5.12 Å². The van der Waals surface area contributed by atoms with Gasteiger partial charge < -0.3 is 20.5 Å². The standard InChI is InChI=1S/C22H20ClF3N8O3/c1-11-8-33-9-18(37-11)19-27-10-28-20(31-19)34(33)32-16-7-13(3-5-17(16)35)30-21(36)29-12-2-4-15(23)14(6-12)22(24,25)26/h2-7,10-11,18,32,35H,8-9H2,1H3,(H2,29,30,36). The molecule has 194 valence electrons. The van der Waals surface area contributed by atoms with Crippen LogP contribution >= 0.6 is 11.6 Å². The van der Waals surface area contributed by atoms with E-state index < -0.39 is 22.8 Å². The number of morpholine rings is 1. The second-order valence-corrected chi connectivity index (χ2v) is 8.78. The van der Waals surface area contributed by atoms with E-state index in [0.717, 1.165) is 12.1 Å². The molecule has 2 aliphatic heterocycles. The van der Waals surface area contributed by atoms with Crippen LogP contribution in [-0.2, 0) is 10.9 Å². The number of nitrogens with one attached hydrogen (secondary N) is 3. The van der Waals surface area contributed by atoms with Gasteiger partial charge in [-0.1, -0.05) is 11.6 Å². The largest absolute Gasteiger partial charge is 0.506 e. The summed E-state index contributed by atoms with van der Waals surface area (Å²) in [5.74, 6) is 0.636. The van der Waals surface area contributed by atoms with Crippen LogP contribution in [0.2, 0.25) is 5.02 Å². The van der Waals surface area contributed by atoms with Crippen LogP contribution in [0.5, 0.6) is 5.75 Å². The highest BCUT2D eigenvalue weighted by atomic mass is 35.5. The van der Waals surface area contributed by atoms with Crippen molar-refractivity contribution in [2.24, 2.45) is 0 Å². The normalized spacial score (nSPS) is 20.7. The predicted molar refractivity (Wildman–Crippen MR) is 128 cm³/mol. The molecule has 5 rings (SSSR count). The maximum atomic E-state index is 13.1. The number of fused-ring (bicyclic) bond motifs is 5. The molecule has 1 fully saturated rings. The number of carbonyl (C=O) groups is 1. The quantitative estimate of drug-likeness (QED) is 0.283. The van der Waals surface area contributed by atoms with E-state index in [1.807, 2.05) is 11.9 Å². The monoisotopic (exact) mass is 536 g/mol. The van der Waals surface area contributed by atoms with E-state index in [1.165, 1.54) is 30.6 Å². The van der Waals surface area contributed by atoms with Crippen LogP contribution in [0.4, 0.5) is 41.0 Å². The molecule has 2 aromatic carbocycles. The lowest BCUT2D eigenvalue weighted by molar-refractivity contribution is -0.137. The molecule has 3 atom stereocenters. The average Bonchev–Trinajstić information content (AvgIpc) is 2.90. The van der Waals surface area contributed by atoms with Gasteiger partial charge in [0, 0.05) is 17.9 Å². The van der Waals surface area contributed by atoms with Crippen molar-refractivity contribution in [1.82, 2.24) is 20.0 Å². The van der Waals surface area contributed by atoms with E-state index in [2.05, 4.69) is 31.0 Å². The Balaban J connectivity index is 1.33. The van der Waals surface area contributed by atoms with Gasteiger partial charge >= 0.3 is 12.2 Å². The minimum atomic E-state index is -4.67. The smallest absolute Gasteiger partial charge is 0.417 e. The Bertz CT molecular complexity index is 1340. The Morgan fingerprint density at radius 3 is 2.62 bits per heavy atom. The zero-order chi connectivity index (χ0) is 26.3. The fourth-order valence-corrected chi connectivity index (χ4v) is 4.20. The minimum Gasteiger partial charge on any atom is -0.506 e. The van der Waals surface area contributed by atoms with Gasteiger partial charge in [-0.3, -0.25) is 5.43 Å². The molecule has 0 spiro atoms. The third-order valence-electron chi connectivity index (χ3n) is 5.59. The highest BCUT2D eigenvalue weighted by Gasteiger charge is 2.37. The Hall–Kier alpha value is -3.88. The Labute approximate surface area is 213 Å². The Morgan fingerprint density at radius 2 is 1.86 bits per heavy atom. The van der Waals surface area contributed by atoms with Crippen molar-refractivity contribution in [3.63, 3.8) is 0 Å². The molecule has 3 aromatic rings. The van der Waals surface area contributed by atoms with Crippen LogP contribution in [-0.4, -0.2) is 50.3 Å². The van der Waals surface area contributed by atoms with Crippen molar-refractivity contribution in [3.8, 4) is 5.75 Å². The number of carbonyl (C=O) groups excluding carboxylic acids is 1. The van der Waals surface area contributed by atoms with Gasteiger partial charge in [-0.2, -0.15) is 33.3 Å². The number of alkyl halides is 3. The van der Waals surface area contributed by atoms with E-state index in [4.69, 9.17) is 16.3 Å². The van der Waals surface area contributed by atoms with Gasteiger partial charge in [0.1, 0.15) is 18.2 Å². The van der Waals surface area contributed by atoms with Gasteiger partial charge in [-0.05, 0) is 43.3 Å². The number of phenols is 1. The predicted octanol–water partition coefficient (Wildman–Crippen LogP) is 4.42. The third kappa shape index (κ3) is 5.30. The summed E-state index contributed by atoms with van der Waals surface area (Å²) in [7, 11) is 0. The number of hydrogen-bond acceptors (Lipinski definition) is 9. The van der Waals surface area contributed by atoms with Crippen LogP contribution in [0.1, 0.15) is 24.4 Å². The van der Waals surface area contributed by atoms with Crippen LogP contribution in [0, 0.1) is 0 Å². The number of benzene rings is 2. The molecule has 4 bridgehead atoms. The van der Waals surface area contributed by atoms with Gasteiger partial charge in [0.25, 0.3) is 5.95 Å². The zero-order valence-electron chi connectivity index (χ0n) is 19.1. The summed E-state index contributed by atoms with van der Waals surface area (Å²) < 4.78 is 45.2. The number of hydrazine groups is 2. The van der Waals surface area contributed by atoms with E-state index in [9.17, 15) is 23.1 Å². The first-order valence-corrected chi connectivity index (χ1v) is 11.4. The Morgan fingerprint density at radius 1 is 1.14 bits per heavy atom. The SMILES string of the molecule is CC1CN2CC(O1)c1ncnc(n1)N2Nc1cc(NC(=O)Nc2ccc(Cl)c(C(F)(F)F)c2)ccc1O. The summed E-state index contributed by atoms with van der Waals surface area (Å²) in [6.07, 6.45) is -3.79. The third-order valence-corrected chi connectivity index (χ3v) is 5.92. The maximum absolute atomic E-state index is 13.1. The summed E-state index contributed by atoms with van der Waals surface area (Å²) in [6.45, 7) is 2.86. The molecule has 4 N–H and O–H groups in total. The summed E-state index contributed by atoms with van der Waals surface area (Å²) in [5, 5.41) is 18.3. The molecule has 2 aliphatic rings. The lowest BCUT2D eigenvalue weighted by Crippen LogP contribution is -2.53. The lowest BCUT2D eigenvalue weighted by Gasteiger charge is -2.39. The number of hydrogen-bond donors (Lipinski definition) is 4. The molecule has 1 saturated heterocycles. The number of halogens is 4. The van der Waals surface area contributed by atoms with E-state index >= 15 is 0 Å². The number of aromatic nitrogens is 3. The molecule has 0 saturated carbocycles. The number of amides is 2. The van der Waals surface area contributed by atoms with Crippen molar-refractivity contribution in [1.29, 1.82) is 0 Å². The van der Waals surface area contributed by atoms with Gasteiger partial charge in [-0.25, -0.2) is 9.78 Å². The Kier molecular flexibility index (Phi) is 6.39. The van der Waals surface area contributed by atoms with Crippen molar-refractivity contribution in [2.45, 2.75) is 25.3 Å². The van der Waals surface area contributed by atoms with Gasteiger partial charge in [0.2, 0.25) is 0 Å². The first-order valence-electron chi connectivity index (χ1n) is 11.0. The molecule has 2 amide bonds. The van der Waals surface area contributed by atoms with Gasteiger partial charge in [0.15, 0.2) is 5.82 Å². The number of nitrogens with zero attached hydrogens (tertiary/aromatic N) is 5. The van der Waals surface area contributed by atoms with Crippen molar-refractivity contribution < 1.29 is 27.8 Å². The molecule has 15 heteroatoms. The summed E-state index contributed by atoms with van der Waals surface area (Å²) in [4.78, 5) is 25.3. The van der Waals surface area contributed by atoms with Crippen LogP contribution < -0.4 is 21.2 Å². The molecule has 0 aliphatic carbocycles. The number of aromatic hydroxyl groups is 1. The average molecular weight is 537 g/mol. The highest BCUT2D eigenvalue weighted by molar-refractivity contribution is 6.31. The van der Waals surface area contributed by atoms with Gasteiger partial charge in [-0.15, -0.1) is 0 Å². The number of phenolic OH excluding ortho intramolecular Hbond substituents is 1. The van der Waals surface area contributed by atoms with E-state index in [0.29, 0.717) is 18.9 Å².